The number of hydrogen-bond acceptors (Lipinski definition) is 3. The van der Waals surface area contributed by atoms with Crippen molar-refractivity contribution in [1.29, 1.82) is 0 Å². The van der Waals surface area contributed by atoms with Gasteiger partial charge in [0.15, 0.2) is 0 Å². The topological polar surface area (TPSA) is 35.2 Å². The molecule has 12 heavy (non-hydrogen) atoms. The molecule has 1 aromatic rings. The first-order chi connectivity index (χ1) is 5.75. The number of thiophene rings is 1. The van der Waals surface area contributed by atoms with Crippen molar-refractivity contribution in [2.45, 2.75) is 13.0 Å². The molecule has 2 N–H and O–H groups in total. The van der Waals surface area contributed by atoms with Crippen LogP contribution in [-0.4, -0.2) is 13.2 Å². The van der Waals surface area contributed by atoms with Gasteiger partial charge in [0, 0.05) is 16.0 Å². The summed E-state index contributed by atoms with van der Waals surface area (Å²) < 4.78 is 6.32. The molecule has 1 aromatic heterocycles. The molecule has 1 rings (SSSR count). The largest absolute Gasteiger partial charge is 0.380 e. The smallest absolute Gasteiger partial charge is 0.0667 e. The number of ether oxygens (including phenoxy) is 1. The molecule has 2 nitrogen and oxygen atoms in total. The van der Waals surface area contributed by atoms with Crippen LogP contribution in [0.5, 0.6) is 0 Å². The Bertz CT molecular complexity index is 239. The lowest BCUT2D eigenvalue weighted by Gasteiger charge is -2.09. The zero-order valence-electron chi connectivity index (χ0n) is 6.92. The van der Waals surface area contributed by atoms with E-state index in [0.29, 0.717) is 6.61 Å². The molecule has 0 saturated carbocycles. The van der Waals surface area contributed by atoms with E-state index in [0.717, 1.165) is 16.0 Å². The minimum atomic E-state index is -0.000625. The van der Waals surface area contributed by atoms with Crippen molar-refractivity contribution in [3.8, 4) is 0 Å². The Balaban J connectivity index is 2.52. The zero-order valence-corrected chi connectivity index (χ0v) is 9.32. The van der Waals surface area contributed by atoms with Gasteiger partial charge >= 0.3 is 0 Å². The molecule has 0 saturated heterocycles. The Morgan fingerprint density at radius 3 is 3.00 bits per heavy atom. The van der Waals surface area contributed by atoms with Crippen LogP contribution in [0.15, 0.2) is 15.9 Å². The van der Waals surface area contributed by atoms with E-state index in [1.807, 2.05) is 18.4 Å². The van der Waals surface area contributed by atoms with Crippen LogP contribution in [0.1, 0.15) is 17.8 Å². The summed E-state index contributed by atoms with van der Waals surface area (Å²) in [5.41, 5.74) is 5.88. The van der Waals surface area contributed by atoms with Crippen molar-refractivity contribution in [2.24, 2.45) is 5.73 Å². The van der Waals surface area contributed by atoms with Gasteiger partial charge in [0.25, 0.3) is 0 Å². The maximum absolute atomic E-state index is 5.88. The van der Waals surface area contributed by atoms with Crippen molar-refractivity contribution in [3.63, 3.8) is 0 Å². The summed E-state index contributed by atoms with van der Waals surface area (Å²) in [5, 5.41) is 2.02. The fourth-order valence-electron chi connectivity index (χ4n) is 0.891. The Labute approximate surface area is 84.9 Å². The third kappa shape index (κ3) is 2.55. The van der Waals surface area contributed by atoms with Gasteiger partial charge in [0.2, 0.25) is 0 Å². The van der Waals surface area contributed by atoms with Gasteiger partial charge in [-0.05, 0) is 34.3 Å². The first-order valence-electron chi connectivity index (χ1n) is 3.82. The predicted molar refractivity (Wildman–Crippen MR) is 55.4 cm³/mol. The third-order valence-electron chi connectivity index (χ3n) is 1.48. The third-order valence-corrected chi connectivity index (χ3v) is 3.49. The van der Waals surface area contributed by atoms with Crippen molar-refractivity contribution in [2.75, 3.05) is 13.2 Å². The van der Waals surface area contributed by atoms with Gasteiger partial charge in [0.05, 0.1) is 12.6 Å². The number of nitrogens with two attached hydrogens (primary N) is 1. The molecule has 0 spiro atoms. The molecule has 0 amide bonds. The molecule has 1 unspecified atom stereocenters. The van der Waals surface area contributed by atoms with Crippen LogP contribution in [-0.2, 0) is 4.74 Å². The van der Waals surface area contributed by atoms with Crippen LogP contribution >= 0.6 is 27.3 Å². The highest BCUT2D eigenvalue weighted by Crippen LogP contribution is 2.27. The lowest BCUT2D eigenvalue weighted by atomic mass is 10.3. The van der Waals surface area contributed by atoms with Crippen LogP contribution in [0.2, 0.25) is 0 Å². The molecule has 0 aliphatic rings. The average Bonchev–Trinajstić information content (AvgIpc) is 2.47. The fourth-order valence-corrected chi connectivity index (χ4v) is 2.55. The Hall–Kier alpha value is 0.100. The second kappa shape index (κ2) is 4.97. The molecule has 0 aromatic carbocycles. The maximum Gasteiger partial charge on any atom is 0.0667 e. The maximum atomic E-state index is 5.88. The molecule has 0 aliphatic carbocycles. The molecule has 0 fully saturated rings. The van der Waals surface area contributed by atoms with Gasteiger partial charge in [-0.25, -0.2) is 0 Å². The first kappa shape index (κ1) is 10.2. The quantitative estimate of drug-likeness (QED) is 0.891. The van der Waals surface area contributed by atoms with E-state index in [1.54, 1.807) is 11.3 Å². The lowest BCUT2D eigenvalue weighted by molar-refractivity contribution is 0.134. The molecule has 68 valence electrons. The van der Waals surface area contributed by atoms with Gasteiger partial charge in [-0.2, -0.15) is 0 Å². The second-order valence-corrected chi connectivity index (χ2v) is 4.20. The van der Waals surface area contributed by atoms with E-state index < -0.39 is 0 Å². The Morgan fingerprint density at radius 2 is 2.50 bits per heavy atom. The van der Waals surface area contributed by atoms with Gasteiger partial charge in [-0.3, -0.25) is 0 Å². The number of rotatable bonds is 4. The van der Waals surface area contributed by atoms with E-state index in [-0.39, 0.29) is 6.04 Å². The Kier molecular flexibility index (Phi) is 4.21. The van der Waals surface area contributed by atoms with Crippen LogP contribution in [0.3, 0.4) is 0 Å². The summed E-state index contributed by atoms with van der Waals surface area (Å²) in [5.74, 6) is 0. The monoisotopic (exact) mass is 249 g/mol. The standard InChI is InChI=1S/C8H12BrNOS/c1-2-11-5-7(10)8-6(9)3-4-12-8/h3-4,7H,2,5,10H2,1H3. The SMILES string of the molecule is CCOCC(N)c1sccc1Br. The second-order valence-electron chi connectivity index (χ2n) is 2.40. The summed E-state index contributed by atoms with van der Waals surface area (Å²) in [6, 6.07) is 2.01. The molecule has 1 heterocycles. The van der Waals surface area contributed by atoms with Crippen molar-refractivity contribution >= 4 is 27.3 Å². The number of hydrogen-bond donors (Lipinski definition) is 1. The highest BCUT2D eigenvalue weighted by molar-refractivity contribution is 9.10. The van der Waals surface area contributed by atoms with Gasteiger partial charge in [-0.1, -0.05) is 0 Å². The summed E-state index contributed by atoms with van der Waals surface area (Å²) in [4.78, 5) is 1.16. The van der Waals surface area contributed by atoms with Gasteiger partial charge < -0.3 is 10.5 Å². The molecule has 0 aliphatic heterocycles. The van der Waals surface area contributed by atoms with Crippen LogP contribution < -0.4 is 5.73 Å². The van der Waals surface area contributed by atoms with E-state index in [1.165, 1.54) is 0 Å². The first-order valence-corrected chi connectivity index (χ1v) is 5.49. The average molecular weight is 250 g/mol. The van der Waals surface area contributed by atoms with Crippen LogP contribution in [0, 0.1) is 0 Å². The lowest BCUT2D eigenvalue weighted by Crippen LogP contribution is -2.16. The van der Waals surface area contributed by atoms with Crippen LogP contribution in [0.25, 0.3) is 0 Å². The molecule has 0 radical (unpaired) electrons. The van der Waals surface area contributed by atoms with Crippen molar-refractivity contribution in [1.82, 2.24) is 0 Å². The minimum absolute atomic E-state index is 0.000625. The molecule has 0 bridgehead atoms. The van der Waals surface area contributed by atoms with Crippen molar-refractivity contribution < 1.29 is 4.74 Å². The summed E-state index contributed by atoms with van der Waals surface area (Å²) in [7, 11) is 0. The van der Waals surface area contributed by atoms with Crippen LogP contribution in [0.4, 0.5) is 0 Å². The summed E-state index contributed by atoms with van der Waals surface area (Å²) in [6.45, 7) is 3.28. The highest BCUT2D eigenvalue weighted by atomic mass is 79.9. The summed E-state index contributed by atoms with van der Waals surface area (Å²) in [6.07, 6.45) is 0. The van der Waals surface area contributed by atoms with E-state index in [2.05, 4.69) is 15.9 Å². The molecular formula is C8H12BrNOS. The molecular weight excluding hydrogens is 238 g/mol. The molecule has 4 heteroatoms. The van der Waals surface area contributed by atoms with Gasteiger partial charge in [-0.15, -0.1) is 11.3 Å². The Morgan fingerprint density at radius 1 is 1.75 bits per heavy atom. The van der Waals surface area contributed by atoms with E-state index in [4.69, 9.17) is 10.5 Å². The van der Waals surface area contributed by atoms with Gasteiger partial charge in [0.1, 0.15) is 0 Å². The minimum Gasteiger partial charge on any atom is -0.380 e. The fraction of sp³-hybridized carbons (Fsp3) is 0.500. The predicted octanol–water partition coefficient (Wildman–Crippen LogP) is 2.55. The van der Waals surface area contributed by atoms with E-state index in [9.17, 15) is 0 Å². The summed E-state index contributed by atoms with van der Waals surface area (Å²) >= 11 is 5.09. The highest BCUT2D eigenvalue weighted by Gasteiger charge is 2.10. The van der Waals surface area contributed by atoms with E-state index >= 15 is 0 Å². The number of halogens is 1. The molecule has 1 atom stereocenters. The normalized spacial score (nSPS) is 13.2. The van der Waals surface area contributed by atoms with Crippen molar-refractivity contribution in [3.05, 3.63) is 20.8 Å². The zero-order chi connectivity index (χ0) is 8.97.